The normalized spacial score (nSPS) is 37.1. The number of rotatable bonds is 4. The number of thioether (sulfide) groups is 1. The van der Waals surface area contributed by atoms with Crippen LogP contribution in [-0.2, 0) is 16.1 Å². The third-order valence-electron chi connectivity index (χ3n) is 10.2. The van der Waals surface area contributed by atoms with Crippen molar-refractivity contribution in [2.24, 2.45) is 34.5 Å². The summed E-state index contributed by atoms with van der Waals surface area (Å²) in [4.78, 5) is 39.0. The van der Waals surface area contributed by atoms with E-state index >= 15 is 0 Å². The largest absolute Gasteiger partial charge is 0.308 e. The highest BCUT2D eigenvalue weighted by atomic mass is 32.2. The van der Waals surface area contributed by atoms with Crippen LogP contribution in [0.15, 0.2) is 29.3 Å². The minimum Gasteiger partial charge on any atom is -0.308 e. The SMILES string of the molecule is CSc1ncnc2c1ncn2CC(=O)[C@H]1CC[C@@H]2[C@H]3CCC4=CC(=O)CC[C@@]4(C)[C@@H]3CC[C@@]12C. The van der Waals surface area contributed by atoms with Gasteiger partial charge in [0.05, 0.1) is 12.9 Å². The van der Waals surface area contributed by atoms with E-state index in [2.05, 4.69) is 28.8 Å². The maximum atomic E-state index is 13.7. The number of hydrogen-bond acceptors (Lipinski definition) is 6. The maximum absolute atomic E-state index is 13.7. The van der Waals surface area contributed by atoms with Gasteiger partial charge in [-0.2, -0.15) is 0 Å². The molecule has 180 valence electrons. The Hall–Kier alpha value is -2.02. The molecule has 6 atom stereocenters. The minimum atomic E-state index is 0.0795. The first-order chi connectivity index (χ1) is 16.3. The highest BCUT2D eigenvalue weighted by molar-refractivity contribution is 7.98. The van der Waals surface area contributed by atoms with Crippen LogP contribution in [0, 0.1) is 34.5 Å². The van der Waals surface area contributed by atoms with Gasteiger partial charge in [-0.25, -0.2) is 15.0 Å². The molecular weight excluding hydrogens is 444 g/mol. The van der Waals surface area contributed by atoms with Gasteiger partial charge in [-0.15, -0.1) is 11.8 Å². The van der Waals surface area contributed by atoms with Crippen molar-refractivity contribution in [1.82, 2.24) is 19.5 Å². The molecule has 0 unspecified atom stereocenters. The Morgan fingerprint density at radius 3 is 2.76 bits per heavy atom. The first-order valence-corrected chi connectivity index (χ1v) is 14.0. The second kappa shape index (κ2) is 8.00. The van der Waals surface area contributed by atoms with Gasteiger partial charge in [0.2, 0.25) is 0 Å². The van der Waals surface area contributed by atoms with E-state index in [0.717, 1.165) is 48.3 Å². The lowest BCUT2D eigenvalue weighted by Gasteiger charge is -2.58. The number of carbonyl (C=O) groups is 2. The quantitative estimate of drug-likeness (QED) is 0.440. The fourth-order valence-electron chi connectivity index (χ4n) is 8.49. The third-order valence-corrected chi connectivity index (χ3v) is 10.9. The van der Waals surface area contributed by atoms with Crippen LogP contribution >= 0.6 is 11.8 Å². The van der Waals surface area contributed by atoms with Gasteiger partial charge < -0.3 is 4.57 Å². The lowest BCUT2D eigenvalue weighted by atomic mass is 9.46. The number of Topliss-reactive ketones (excluding diaryl/α,β-unsaturated/α-hetero) is 1. The molecule has 0 amide bonds. The van der Waals surface area contributed by atoms with E-state index in [1.54, 1.807) is 24.4 Å². The first-order valence-electron chi connectivity index (χ1n) is 12.8. The molecule has 0 aromatic carbocycles. The van der Waals surface area contributed by atoms with Gasteiger partial charge >= 0.3 is 0 Å². The Labute approximate surface area is 205 Å². The molecule has 0 aliphatic heterocycles. The summed E-state index contributed by atoms with van der Waals surface area (Å²) in [5, 5.41) is 0.853. The van der Waals surface area contributed by atoms with Crippen molar-refractivity contribution in [2.75, 3.05) is 6.26 Å². The molecule has 2 aromatic rings. The van der Waals surface area contributed by atoms with Crippen LogP contribution in [0.3, 0.4) is 0 Å². The van der Waals surface area contributed by atoms with Gasteiger partial charge in [-0.1, -0.05) is 19.4 Å². The van der Waals surface area contributed by atoms with E-state index in [1.807, 2.05) is 16.9 Å². The lowest BCUT2D eigenvalue weighted by molar-refractivity contribution is -0.131. The van der Waals surface area contributed by atoms with Crippen molar-refractivity contribution in [3.63, 3.8) is 0 Å². The second-order valence-electron chi connectivity index (χ2n) is 11.5. The van der Waals surface area contributed by atoms with Crippen molar-refractivity contribution in [3.05, 3.63) is 24.3 Å². The predicted molar refractivity (Wildman–Crippen MR) is 132 cm³/mol. The maximum Gasteiger partial charge on any atom is 0.164 e. The predicted octanol–water partition coefficient (Wildman–Crippen LogP) is 5.27. The number of imidazole rings is 1. The number of fused-ring (bicyclic) bond motifs is 6. The first kappa shape index (κ1) is 22.4. The van der Waals surface area contributed by atoms with Crippen molar-refractivity contribution in [3.8, 4) is 0 Å². The Kier molecular flexibility index (Phi) is 5.28. The van der Waals surface area contributed by atoms with Crippen molar-refractivity contribution >= 4 is 34.5 Å². The van der Waals surface area contributed by atoms with Crippen LogP contribution in [0.25, 0.3) is 11.2 Å². The van der Waals surface area contributed by atoms with Crippen LogP contribution in [0.1, 0.15) is 65.2 Å². The van der Waals surface area contributed by atoms with Crippen molar-refractivity contribution in [2.45, 2.75) is 76.8 Å². The average molecular weight is 479 g/mol. The number of nitrogens with zero attached hydrogens (tertiary/aromatic N) is 4. The second-order valence-corrected chi connectivity index (χ2v) is 12.3. The van der Waals surface area contributed by atoms with Crippen LogP contribution in [-0.4, -0.2) is 37.3 Å². The summed E-state index contributed by atoms with van der Waals surface area (Å²) in [5.74, 6) is 2.71. The minimum absolute atomic E-state index is 0.0795. The Bertz CT molecular complexity index is 1200. The van der Waals surface area contributed by atoms with Crippen LogP contribution in [0.4, 0.5) is 0 Å². The molecule has 0 radical (unpaired) electrons. The Morgan fingerprint density at radius 1 is 1.09 bits per heavy atom. The summed E-state index contributed by atoms with van der Waals surface area (Å²) in [6, 6.07) is 0. The highest BCUT2D eigenvalue weighted by Crippen LogP contribution is 2.66. The summed E-state index contributed by atoms with van der Waals surface area (Å²) < 4.78 is 1.92. The molecule has 6 nitrogen and oxygen atoms in total. The van der Waals surface area contributed by atoms with Crippen LogP contribution in [0.2, 0.25) is 0 Å². The Morgan fingerprint density at radius 2 is 1.94 bits per heavy atom. The van der Waals surface area contributed by atoms with Gasteiger partial charge in [0, 0.05) is 12.3 Å². The molecule has 6 rings (SSSR count). The average Bonchev–Trinajstić information content (AvgIpc) is 3.40. The van der Waals surface area contributed by atoms with Gasteiger partial charge in [-0.3, -0.25) is 9.59 Å². The van der Waals surface area contributed by atoms with Gasteiger partial charge in [-0.05, 0) is 85.9 Å². The van der Waals surface area contributed by atoms with E-state index in [9.17, 15) is 9.59 Å². The molecule has 0 saturated heterocycles. The number of hydrogen-bond donors (Lipinski definition) is 0. The van der Waals surface area contributed by atoms with E-state index < -0.39 is 0 Å². The summed E-state index contributed by atoms with van der Waals surface area (Å²) in [5.41, 5.74) is 3.21. The zero-order valence-electron chi connectivity index (χ0n) is 20.4. The van der Waals surface area contributed by atoms with Crippen LogP contribution in [0.5, 0.6) is 0 Å². The number of allylic oxidation sites excluding steroid dienone is 1. The lowest BCUT2D eigenvalue weighted by Crippen LogP contribution is -2.51. The smallest absolute Gasteiger partial charge is 0.164 e. The van der Waals surface area contributed by atoms with Gasteiger partial charge in [0.1, 0.15) is 16.9 Å². The summed E-state index contributed by atoms with van der Waals surface area (Å²) in [6.07, 6.45) is 15.7. The zero-order chi connectivity index (χ0) is 23.7. The summed E-state index contributed by atoms with van der Waals surface area (Å²) >= 11 is 1.55. The van der Waals surface area contributed by atoms with E-state index in [-0.39, 0.29) is 16.7 Å². The van der Waals surface area contributed by atoms with Crippen molar-refractivity contribution < 1.29 is 9.59 Å². The molecule has 2 aromatic heterocycles. The summed E-state index contributed by atoms with van der Waals surface area (Å²) in [7, 11) is 0. The molecule has 2 heterocycles. The third kappa shape index (κ3) is 3.18. The molecule has 3 saturated carbocycles. The standard InChI is InChI=1S/C27H34N4O2S/c1-26-10-8-17(32)12-16(26)4-5-18-19-6-7-21(27(19,2)11-9-20(18)26)22(33)13-31-15-30-23-24(31)28-14-29-25(23)34-3/h12,14-15,18-21H,4-11,13H2,1-3H3/t18-,19-,20-,21-,26-,27-/m1/s1. The van der Waals surface area contributed by atoms with Crippen LogP contribution < -0.4 is 0 Å². The molecule has 7 heteroatoms. The van der Waals surface area contributed by atoms with E-state index in [4.69, 9.17) is 0 Å². The Balaban J connectivity index is 1.24. The highest BCUT2D eigenvalue weighted by Gasteiger charge is 2.60. The molecular formula is C27H34N4O2S. The number of ketones is 2. The van der Waals surface area contributed by atoms with E-state index in [0.29, 0.717) is 42.3 Å². The topological polar surface area (TPSA) is 77.7 Å². The molecule has 0 spiro atoms. The molecule has 4 aliphatic rings. The molecule has 34 heavy (non-hydrogen) atoms. The fraction of sp³-hybridized carbons (Fsp3) is 0.667. The fourth-order valence-corrected chi connectivity index (χ4v) is 8.98. The summed E-state index contributed by atoms with van der Waals surface area (Å²) in [6.45, 7) is 5.17. The van der Waals surface area contributed by atoms with E-state index in [1.165, 1.54) is 18.4 Å². The number of aromatic nitrogens is 4. The van der Waals surface area contributed by atoms with Crippen molar-refractivity contribution in [1.29, 1.82) is 0 Å². The van der Waals surface area contributed by atoms with Gasteiger partial charge in [0.15, 0.2) is 17.2 Å². The monoisotopic (exact) mass is 478 g/mol. The molecule has 0 N–H and O–H groups in total. The number of carbonyl (C=O) groups excluding carboxylic acids is 2. The molecule has 3 fully saturated rings. The zero-order valence-corrected chi connectivity index (χ0v) is 21.2. The molecule has 0 bridgehead atoms. The van der Waals surface area contributed by atoms with Gasteiger partial charge in [0.25, 0.3) is 0 Å². The molecule has 4 aliphatic carbocycles.